The summed E-state index contributed by atoms with van der Waals surface area (Å²) in [5.74, 6) is -0.177. The molecule has 19 heavy (non-hydrogen) atoms. The van der Waals surface area contributed by atoms with Gasteiger partial charge in [-0.15, -0.1) is 0 Å². The molecule has 5 heteroatoms. The number of rotatable bonds is 4. The number of aliphatic hydroxyl groups is 1. The first kappa shape index (κ1) is 13.8. The lowest BCUT2D eigenvalue weighted by atomic mass is 9.97. The van der Waals surface area contributed by atoms with Gasteiger partial charge in [0, 0.05) is 0 Å². The van der Waals surface area contributed by atoms with E-state index in [1.807, 2.05) is 6.92 Å². The lowest BCUT2D eigenvalue weighted by Crippen LogP contribution is -2.52. The average molecular weight is 266 g/mol. The molecule has 2 rings (SSSR count). The minimum Gasteiger partial charge on any atom is -0.394 e. The normalized spacial score (nSPS) is 17.7. The molecule has 3 N–H and O–H groups in total. The van der Waals surface area contributed by atoms with Crippen LogP contribution in [0.25, 0.3) is 0 Å². The zero-order valence-electron chi connectivity index (χ0n) is 11.2. The van der Waals surface area contributed by atoms with Crippen molar-refractivity contribution in [1.82, 2.24) is 5.32 Å². The number of carbonyl (C=O) groups is 1. The van der Waals surface area contributed by atoms with Crippen LogP contribution in [0.1, 0.15) is 25.3 Å². The van der Waals surface area contributed by atoms with E-state index in [1.54, 1.807) is 19.1 Å². The summed E-state index contributed by atoms with van der Waals surface area (Å²) in [4.78, 5) is 11.9. The van der Waals surface area contributed by atoms with Crippen LogP contribution in [0.5, 0.6) is 0 Å². The maximum absolute atomic E-state index is 13.5. The van der Waals surface area contributed by atoms with Gasteiger partial charge in [0.2, 0.25) is 0 Å². The van der Waals surface area contributed by atoms with Gasteiger partial charge in [-0.3, -0.25) is 0 Å². The zero-order valence-corrected chi connectivity index (χ0v) is 11.2. The Labute approximate surface area is 112 Å². The number of hydrogen-bond donors (Lipinski definition) is 3. The molecule has 0 heterocycles. The van der Waals surface area contributed by atoms with Crippen LogP contribution in [-0.2, 0) is 0 Å². The van der Waals surface area contributed by atoms with Gasteiger partial charge >= 0.3 is 6.03 Å². The smallest absolute Gasteiger partial charge is 0.319 e. The van der Waals surface area contributed by atoms with Crippen LogP contribution in [0.15, 0.2) is 18.2 Å². The summed E-state index contributed by atoms with van der Waals surface area (Å²) < 4.78 is 13.5. The van der Waals surface area contributed by atoms with Crippen LogP contribution in [0.2, 0.25) is 0 Å². The Balaban J connectivity index is 2.02. The summed E-state index contributed by atoms with van der Waals surface area (Å²) in [6.45, 7) is 3.50. The first-order valence-electron chi connectivity index (χ1n) is 6.41. The van der Waals surface area contributed by atoms with Crippen molar-refractivity contribution >= 4 is 11.7 Å². The van der Waals surface area contributed by atoms with Crippen LogP contribution in [0.3, 0.4) is 0 Å². The molecule has 1 atom stereocenters. The lowest BCUT2D eigenvalue weighted by Gasteiger charge is -2.28. The molecule has 1 aromatic carbocycles. The van der Waals surface area contributed by atoms with Gasteiger partial charge in [0.1, 0.15) is 5.82 Å². The molecule has 1 fully saturated rings. The van der Waals surface area contributed by atoms with Crippen molar-refractivity contribution in [2.45, 2.75) is 32.2 Å². The Hall–Kier alpha value is -1.62. The quantitative estimate of drug-likeness (QED) is 0.783. The fraction of sp³-hybridized carbons (Fsp3) is 0.500. The molecule has 1 unspecified atom stereocenters. The van der Waals surface area contributed by atoms with Crippen molar-refractivity contribution in [2.24, 2.45) is 5.92 Å². The van der Waals surface area contributed by atoms with Gasteiger partial charge in [-0.2, -0.15) is 0 Å². The molecule has 0 radical (unpaired) electrons. The van der Waals surface area contributed by atoms with E-state index in [0.29, 0.717) is 5.92 Å². The molecule has 1 aliphatic rings. The molecule has 4 nitrogen and oxygen atoms in total. The van der Waals surface area contributed by atoms with Gasteiger partial charge in [0.25, 0.3) is 0 Å². The second kappa shape index (κ2) is 5.17. The topological polar surface area (TPSA) is 61.4 Å². The SMILES string of the molecule is Cc1ccc(F)c(NC(=O)NC(C)(CO)C2CC2)c1. The number of nitrogens with one attached hydrogen (secondary N) is 2. The summed E-state index contributed by atoms with van der Waals surface area (Å²) in [6, 6.07) is 4.03. The number of urea groups is 1. The van der Waals surface area contributed by atoms with E-state index >= 15 is 0 Å². The van der Waals surface area contributed by atoms with Crippen molar-refractivity contribution < 1.29 is 14.3 Å². The molecule has 0 saturated heterocycles. The van der Waals surface area contributed by atoms with E-state index in [4.69, 9.17) is 0 Å². The molecule has 0 spiro atoms. The highest BCUT2D eigenvalue weighted by molar-refractivity contribution is 5.90. The van der Waals surface area contributed by atoms with E-state index < -0.39 is 17.4 Å². The van der Waals surface area contributed by atoms with E-state index in [1.165, 1.54) is 6.07 Å². The van der Waals surface area contributed by atoms with Gasteiger partial charge in [-0.1, -0.05) is 6.07 Å². The average Bonchev–Trinajstić information content (AvgIpc) is 3.18. The number of hydrogen-bond acceptors (Lipinski definition) is 2. The second-order valence-corrected chi connectivity index (χ2v) is 5.41. The van der Waals surface area contributed by atoms with Crippen LogP contribution < -0.4 is 10.6 Å². The molecule has 104 valence electrons. The van der Waals surface area contributed by atoms with E-state index in [9.17, 15) is 14.3 Å². The van der Waals surface area contributed by atoms with Crippen molar-refractivity contribution in [3.05, 3.63) is 29.6 Å². The van der Waals surface area contributed by atoms with Crippen molar-refractivity contribution in [1.29, 1.82) is 0 Å². The number of benzene rings is 1. The minimum atomic E-state index is -0.635. The maximum Gasteiger partial charge on any atom is 0.319 e. The van der Waals surface area contributed by atoms with Gasteiger partial charge in [-0.25, -0.2) is 9.18 Å². The Kier molecular flexibility index (Phi) is 3.75. The molecule has 0 bridgehead atoms. The Morgan fingerprint density at radius 3 is 2.79 bits per heavy atom. The third-order valence-electron chi connectivity index (χ3n) is 3.58. The molecule has 1 aliphatic carbocycles. The first-order valence-corrected chi connectivity index (χ1v) is 6.41. The fourth-order valence-electron chi connectivity index (χ4n) is 2.14. The number of halogens is 1. The summed E-state index contributed by atoms with van der Waals surface area (Å²) >= 11 is 0. The van der Waals surface area contributed by atoms with Gasteiger partial charge in [0.05, 0.1) is 17.8 Å². The summed E-state index contributed by atoms with van der Waals surface area (Å²) in [5, 5.41) is 14.6. The summed E-state index contributed by atoms with van der Waals surface area (Å²) in [7, 11) is 0. The molecule has 0 aliphatic heterocycles. The molecule has 1 saturated carbocycles. The Morgan fingerprint density at radius 2 is 2.21 bits per heavy atom. The third kappa shape index (κ3) is 3.23. The number of anilines is 1. The van der Waals surface area contributed by atoms with Crippen molar-refractivity contribution in [2.75, 3.05) is 11.9 Å². The van der Waals surface area contributed by atoms with E-state index in [-0.39, 0.29) is 12.3 Å². The number of aliphatic hydroxyl groups excluding tert-OH is 1. The highest BCUT2D eigenvalue weighted by Gasteiger charge is 2.42. The lowest BCUT2D eigenvalue weighted by molar-refractivity contribution is 0.159. The van der Waals surface area contributed by atoms with Crippen molar-refractivity contribution in [3.8, 4) is 0 Å². The van der Waals surface area contributed by atoms with Gasteiger partial charge < -0.3 is 15.7 Å². The fourth-order valence-corrected chi connectivity index (χ4v) is 2.14. The predicted octanol–water partition coefficient (Wildman–Crippen LogP) is 2.42. The van der Waals surface area contributed by atoms with Gasteiger partial charge in [-0.05, 0) is 50.3 Å². The molecule has 2 amide bonds. The third-order valence-corrected chi connectivity index (χ3v) is 3.58. The molecular weight excluding hydrogens is 247 g/mol. The highest BCUT2D eigenvalue weighted by atomic mass is 19.1. The minimum absolute atomic E-state index is 0.124. The first-order chi connectivity index (χ1) is 8.94. The predicted molar refractivity (Wildman–Crippen MR) is 71.5 cm³/mol. The second-order valence-electron chi connectivity index (χ2n) is 5.41. The number of aryl methyl sites for hydroxylation is 1. The summed E-state index contributed by atoms with van der Waals surface area (Å²) in [6.07, 6.45) is 1.99. The molecule has 0 aromatic heterocycles. The van der Waals surface area contributed by atoms with Crippen LogP contribution in [0, 0.1) is 18.7 Å². The standard InChI is InChI=1S/C14H19FN2O2/c1-9-3-6-11(15)12(7-9)16-13(19)17-14(2,8-18)10-4-5-10/h3,6-7,10,18H,4-5,8H2,1-2H3,(H2,16,17,19). The number of amides is 2. The highest BCUT2D eigenvalue weighted by Crippen LogP contribution is 2.39. The largest absolute Gasteiger partial charge is 0.394 e. The molecule has 1 aromatic rings. The maximum atomic E-state index is 13.5. The van der Waals surface area contributed by atoms with Crippen molar-refractivity contribution in [3.63, 3.8) is 0 Å². The van der Waals surface area contributed by atoms with E-state index in [2.05, 4.69) is 10.6 Å². The Bertz CT molecular complexity index is 488. The summed E-state index contributed by atoms with van der Waals surface area (Å²) in [5.41, 5.74) is 0.377. The monoisotopic (exact) mass is 266 g/mol. The number of carbonyl (C=O) groups excluding carboxylic acids is 1. The molecular formula is C14H19FN2O2. The van der Waals surface area contributed by atoms with Crippen LogP contribution >= 0.6 is 0 Å². The van der Waals surface area contributed by atoms with Crippen LogP contribution in [-0.4, -0.2) is 23.3 Å². The van der Waals surface area contributed by atoms with E-state index in [0.717, 1.165) is 18.4 Å². The van der Waals surface area contributed by atoms with Gasteiger partial charge in [0.15, 0.2) is 0 Å². The van der Waals surface area contributed by atoms with Crippen LogP contribution in [0.4, 0.5) is 14.9 Å². The Morgan fingerprint density at radius 1 is 1.53 bits per heavy atom. The zero-order chi connectivity index (χ0) is 14.0.